The van der Waals surface area contributed by atoms with Crippen LogP contribution in [0.25, 0.3) is 0 Å². The fourth-order valence-electron chi connectivity index (χ4n) is 2.17. The van der Waals surface area contributed by atoms with E-state index in [2.05, 4.69) is 10.6 Å². The van der Waals surface area contributed by atoms with Gasteiger partial charge in [0.2, 0.25) is 0 Å². The molecule has 0 bridgehead atoms. The first-order valence-electron chi connectivity index (χ1n) is 7.28. The van der Waals surface area contributed by atoms with E-state index < -0.39 is 0 Å². The average Bonchev–Trinajstić information content (AvgIpc) is 2.43. The molecule has 0 radical (unpaired) electrons. The lowest BCUT2D eigenvalue weighted by Crippen LogP contribution is -2.29. The number of nitrogens with zero attached hydrogens (tertiary/aromatic N) is 2. The van der Waals surface area contributed by atoms with Crippen LogP contribution in [0.1, 0.15) is 23.6 Å². The van der Waals surface area contributed by atoms with Crippen LogP contribution in [-0.2, 0) is 6.42 Å². The zero-order valence-corrected chi connectivity index (χ0v) is 14.5. The SMILES string of the molecule is CCc1c(C)cc(NC(=O)N(C)C)c(C)c1NC(=O)N(C)C. The minimum Gasteiger partial charge on any atom is -0.331 e. The number of benzene rings is 1. The Morgan fingerprint density at radius 2 is 1.50 bits per heavy atom. The van der Waals surface area contributed by atoms with E-state index in [0.717, 1.165) is 28.8 Å². The first-order chi connectivity index (χ1) is 10.2. The molecular weight excluding hydrogens is 280 g/mol. The normalized spacial score (nSPS) is 10.1. The molecule has 1 aromatic rings. The topological polar surface area (TPSA) is 64.7 Å². The Kier molecular flexibility index (Phi) is 5.79. The number of nitrogens with one attached hydrogen (secondary N) is 2. The quantitative estimate of drug-likeness (QED) is 0.901. The third kappa shape index (κ3) is 3.90. The number of rotatable bonds is 3. The second-order valence-electron chi connectivity index (χ2n) is 5.72. The largest absolute Gasteiger partial charge is 0.331 e. The van der Waals surface area contributed by atoms with E-state index in [1.165, 1.54) is 9.80 Å². The summed E-state index contributed by atoms with van der Waals surface area (Å²) in [4.78, 5) is 26.9. The predicted molar refractivity (Wildman–Crippen MR) is 90.7 cm³/mol. The number of aryl methyl sites for hydroxylation is 1. The van der Waals surface area contributed by atoms with Crippen LogP contribution < -0.4 is 10.6 Å². The van der Waals surface area contributed by atoms with E-state index in [4.69, 9.17) is 0 Å². The van der Waals surface area contributed by atoms with E-state index in [9.17, 15) is 9.59 Å². The Morgan fingerprint density at radius 3 is 1.95 bits per heavy atom. The van der Waals surface area contributed by atoms with Gasteiger partial charge in [-0.2, -0.15) is 0 Å². The number of hydrogen-bond donors (Lipinski definition) is 2. The molecule has 1 rings (SSSR count). The van der Waals surface area contributed by atoms with Gasteiger partial charge in [-0.3, -0.25) is 0 Å². The fraction of sp³-hybridized carbons (Fsp3) is 0.500. The molecule has 0 aliphatic rings. The monoisotopic (exact) mass is 306 g/mol. The van der Waals surface area contributed by atoms with Crippen molar-refractivity contribution in [2.75, 3.05) is 38.8 Å². The second-order valence-corrected chi connectivity index (χ2v) is 5.72. The van der Waals surface area contributed by atoms with Crippen LogP contribution in [0.15, 0.2) is 6.07 Å². The fourth-order valence-corrected chi connectivity index (χ4v) is 2.17. The van der Waals surface area contributed by atoms with Gasteiger partial charge in [0, 0.05) is 33.9 Å². The highest BCUT2D eigenvalue weighted by atomic mass is 16.2. The van der Waals surface area contributed by atoms with Crippen LogP contribution in [-0.4, -0.2) is 50.1 Å². The summed E-state index contributed by atoms with van der Waals surface area (Å²) < 4.78 is 0. The maximum absolute atomic E-state index is 12.0. The summed E-state index contributed by atoms with van der Waals surface area (Å²) >= 11 is 0. The van der Waals surface area contributed by atoms with Crippen LogP contribution in [0.3, 0.4) is 0 Å². The van der Waals surface area contributed by atoms with E-state index in [1.54, 1.807) is 28.2 Å². The summed E-state index contributed by atoms with van der Waals surface area (Å²) in [5, 5.41) is 5.80. The van der Waals surface area contributed by atoms with Crippen LogP contribution >= 0.6 is 0 Å². The molecule has 122 valence electrons. The predicted octanol–water partition coefficient (Wildman–Crippen LogP) is 3.05. The highest BCUT2D eigenvalue weighted by Crippen LogP contribution is 2.31. The van der Waals surface area contributed by atoms with E-state index in [-0.39, 0.29) is 12.1 Å². The molecule has 2 N–H and O–H groups in total. The van der Waals surface area contributed by atoms with Crippen molar-refractivity contribution in [3.63, 3.8) is 0 Å². The maximum Gasteiger partial charge on any atom is 0.321 e. The summed E-state index contributed by atoms with van der Waals surface area (Å²) in [7, 11) is 6.76. The minimum atomic E-state index is -0.198. The van der Waals surface area contributed by atoms with Gasteiger partial charge >= 0.3 is 12.1 Å². The Hall–Kier alpha value is -2.24. The molecule has 0 aliphatic carbocycles. The van der Waals surface area contributed by atoms with Crippen molar-refractivity contribution < 1.29 is 9.59 Å². The van der Waals surface area contributed by atoms with Gasteiger partial charge in [0.25, 0.3) is 0 Å². The Balaban J connectivity index is 3.30. The molecule has 6 heteroatoms. The van der Waals surface area contributed by atoms with Gasteiger partial charge in [0.15, 0.2) is 0 Å². The molecule has 1 aromatic carbocycles. The van der Waals surface area contributed by atoms with Gasteiger partial charge < -0.3 is 20.4 Å². The molecule has 22 heavy (non-hydrogen) atoms. The minimum absolute atomic E-state index is 0.187. The molecule has 0 atom stereocenters. The lowest BCUT2D eigenvalue weighted by Gasteiger charge is -2.22. The maximum atomic E-state index is 12.0. The molecule has 0 saturated carbocycles. The highest BCUT2D eigenvalue weighted by Gasteiger charge is 2.17. The Bertz CT molecular complexity index is 580. The number of hydrogen-bond acceptors (Lipinski definition) is 2. The zero-order valence-electron chi connectivity index (χ0n) is 14.5. The standard InChI is InChI=1S/C16H26N4O2/c1-8-12-10(2)9-13(17-15(21)19(4)5)11(3)14(12)18-16(22)20(6)7/h9H,8H2,1-7H3,(H,17,21)(H,18,22). The van der Waals surface area contributed by atoms with Gasteiger partial charge in [-0.05, 0) is 43.0 Å². The van der Waals surface area contributed by atoms with Crippen LogP contribution in [0.2, 0.25) is 0 Å². The third-order valence-electron chi connectivity index (χ3n) is 3.56. The van der Waals surface area contributed by atoms with Crippen LogP contribution in [0.4, 0.5) is 21.0 Å². The number of anilines is 2. The zero-order chi connectivity index (χ0) is 17.0. The Labute approximate surface area is 132 Å². The van der Waals surface area contributed by atoms with Gasteiger partial charge in [-0.1, -0.05) is 6.92 Å². The van der Waals surface area contributed by atoms with Crippen LogP contribution in [0, 0.1) is 13.8 Å². The van der Waals surface area contributed by atoms with Crippen molar-refractivity contribution in [1.82, 2.24) is 9.80 Å². The summed E-state index contributed by atoms with van der Waals surface area (Å²) in [5.41, 5.74) is 4.46. The summed E-state index contributed by atoms with van der Waals surface area (Å²) in [6.45, 7) is 5.93. The molecule has 0 aromatic heterocycles. The van der Waals surface area contributed by atoms with Gasteiger partial charge in [0.05, 0.1) is 5.69 Å². The number of carbonyl (C=O) groups excluding carboxylic acids is 2. The lowest BCUT2D eigenvalue weighted by molar-refractivity contribution is 0.230. The number of urea groups is 2. The molecular formula is C16H26N4O2. The van der Waals surface area contributed by atoms with Gasteiger partial charge in [-0.25, -0.2) is 9.59 Å². The van der Waals surface area contributed by atoms with Crippen LogP contribution in [0.5, 0.6) is 0 Å². The van der Waals surface area contributed by atoms with E-state index in [1.807, 2.05) is 26.8 Å². The number of amides is 4. The van der Waals surface area contributed by atoms with Crippen molar-refractivity contribution in [2.45, 2.75) is 27.2 Å². The van der Waals surface area contributed by atoms with Crippen molar-refractivity contribution in [1.29, 1.82) is 0 Å². The molecule has 0 fully saturated rings. The molecule has 4 amide bonds. The van der Waals surface area contributed by atoms with Gasteiger partial charge in [0.1, 0.15) is 0 Å². The third-order valence-corrected chi connectivity index (χ3v) is 3.56. The smallest absolute Gasteiger partial charge is 0.321 e. The Morgan fingerprint density at radius 1 is 1.00 bits per heavy atom. The first-order valence-corrected chi connectivity index (χ1v) is 7.28. The molecule has 0 saturated heterocycles. The molecule has 0 spiro atoms. The first kappa shape index (κ1) is 17.8. The lowest BCUT2D eigenvalue weighted by atomic mass is 9.98. The molecule has 0 unspecified atom stereocenters. The molecule has 0 heterocycles. The van der Waals surface area contributed by atoms with Crippen molar-refractivity contribution >= 4 is 23.4 Å². The highest BCUT2D eigenvalue weighted by molar-refractivity contribution is 5.95. The van der Waals surface area contributed by atoms with Crippen molar-refractivity contribution in [3.8, 4) is 0 Å². The van der Waals surface area contributed by atoms with Crippen molar-refractivity contribution in [2.24, 2.45) is 0 Å². The number of carbonyl (C=O) groups is 2. The average molecular weight is 306 g/mol. The molecule has 0 aliphatic heterocycles. The summed E-state index contributed by atoms with van der Waals surface area (Å²) in [6.07, 6.45) is 0.803. The van der Waals surface area contributed by atoms with Gasteiger partial charge in [-0.15, -0.1) is 0 Å². The van der Waals surface area contributed by atoms with Crippen molar-refractivity contribution in [3.05, 3.63) is 22.8 Å². The second kappa shape index (κ2) is 7.15. The van der Waals surface area contributed by atoms with E-state index in [0.29, 0.717) is 5.69 Å². The summed E-state index contributed by atoms with van der Waals surface area (Å²) in [5.74, 6) is 0. The molecule has 6 nitrogen and oxygen atoms in total. The summed E-state index contributed by atoms with van der Waals surface area (Å²) in [6, 6.07) is 1.56. The van der Waals surface area contributed by atoms with E-state index >= 15 is 0 Å².